The Hall–Kier alpha value is -5.51. The maximum Gasteiger partial charge on any atom is 0.124 e. The molecule has 2 aliphatic carbocycles. The maximum absolute atomic E-state index is 5.20. The molecule has 222 valence electrons. The third-order valence-electron chi connectivity index (χ3n) is 10.2. The number of para-hydroxylation sites is 1. The number of hydrogen-bond donors (Lipinski definition) is 0. The second-order valence-corrected chi connectivity index (χ2v) is 14.2. The molecule has 2 aliphatic rings. The van der Waals surface area contributed by atoms with Gasteiger partial charge in [0.25, 0.3) is 0 Å². The zero-order valence-corrected chi connectivity index (χ0v) is 27.0. The highest BCUT2D eigenvalue weighted by molar-refractivity contribution is 7.19. The number of hydrogen-bond acceptors (Lipinski definition) is 3. The summed E-state index contributed by atoms with van der Waals surface area (Å²) in [4.78, 5) is 8.88. The maximum atomic E-state index is 5.20. The lowest BCUT2D eigenvalue weighted by Crippen LogP contribution is -2.16. The SMILES string of the molecule is CC1(C)c2ccccc2-c2ccc(N(c3ccccc3)c3ccc4cc5c6c(cccc6c4c3)-c3sc(-c4ccccc4)nc3-5)cc21. The Morgan fingerprint density at radius 3 is 2.09 bits per heavy atom. The molecule has 0 aliphatic heterocycles. The Labute approximate surface area is 278 Å². The van der Waals surface area contributed by atoms with Gasteiger partial charge in [-0.05, 0) is 80.9 Å². The third-order valence-corrected chi connectivity index (χ3v) is 11.3. The van der Waals surface area contributed by atoms with Crippen LogP contribution < -0.4 is 4.90 Å². The highest BCUT2D eigenvalue weighted by Crippen LogP contribution is 2.54. The molecule has 47 heavy (non-hydrogen) atoms. The van der Waals surface area contributed by atoms with Gasteiger partial charge >= 0.3 is 0 Å². The van der Waals surface area contributed by atoms with E-state index in [4.69, 9.17) is 4.98 Å². The molecule has 0 saturated heterocycles. The highest BCUT2D eigenvalue weighted by atomic mass is 32.1. The van der Waals surface area contributed by atoms with Crippen LogP contribution >= 0.6 is 11.3 Å². The molecule has 7 aromatic carbocycles. The number of benzene rings is 7. The Morgan fingerprint density at radius 2 is 1.23 bits per heavy atom. The van der Waals surface area contributed by atoms with Crippen LogP contribution in [0.25, 0.3) is 64.9 Å². The molecule has 2 nitrogen and oxygen atoms in total. The molecule has 1 aromatic heterocycles. The van der Waals surface area contributed by atoms with Crippen molar-refractivity contribution < 1.29 is 0 Å². The summed E-state index contributed by atoms with van der Waals surface area (Å²) in [5.74, 6) is 0. The van der Waals surface area contributed by atoms with E-state index in [2.05, 4.69) is 164 Å². The van der Waals surface area contributed by atoms with Crippen molar-refractivity contribution in [1.29, 1.82) is 0 Å². The fourth-order valence-electron chi connectivity index (χ4n) is 7.96. The Kier molecular flexibility index (Phi) is 5.53. The molecule has 0 radical (unpaired) electrons. The Bertz CT molecular complexity index is 2540. The quantitative estimate of drug-likeness (QED) is 0.182. The van der Waals surface area contributed by atoms with E-state index in [1.54, 1.807) is 11.3 Å². The van der Waals surface area contributed by atoms with Gasteiger partial charge in [0, 0.05) is 44.6 Å². The van der Waals surface area contributed by atoms with Crippen LogP contribution in [0, 0.1) is 0 Å². The van der Waals surface area contributed by atoms with E-state index >= 15 is 0 Å². The third kappa shape index (κ3) is 3.81. The van der Waals surface area contributed by atoms with E-state index in [0.29, 0.717) is 0 Å². The number of anilines is 3. The average molecular weight is 619 g/mol. The summed E-state index contributed by atoms with van der Waals surface area (Å²) >= 11 is 1.80. The van der Waals surface area contributed by atoms with Gasteiger partial charge in [0.05, 0.1) is 10.6 Å². The summed E-state index contributed by atoms with van der Waals surface area (Å²) in [5, 5.41) is 6.16. The van der Waals surface area contributed by atoms with Gasteiger partial charge in [-0.1, -0.05) is 117 Å². The molecule has 3 heteroatoms. The molecule has 10 rings (SSSR count). The summed E-state index contributed by atoms with van der Waals surface area (Å²) in [6, 6.07) is 53.2. The lowest BCUT2D eigenvalue weighted by atomic mass is 9.82. The molecule has 0 atom stereocenters. The van der Waals surface area contributed by atoms with E-state index in [9.17, 15) is 0 Å². The van der Waals surface area contributed by atoms with Gasteiger partial charge in [0.2, 0.25) is 0 Å². The fraction of sp³-hybridized carbons (Fsp3) is 0.0682. The molecular weight excluding hydrogens is 589 g/mol. The molecule has 0 spiro atoms. The van der Waals surface area contributed by atoms with Crippen LogP contribution in [-0.2, 0) is 5.41 Å². The minimum atomic E-state index is -0.0692. The normalized spacial score (nSPS) is 13.5. The first-order valence-corrected chi connectivity index (χ1v) is 17.0. The predicted molar refractivity (Wildman–Crippen MR) is 199 cm³/mol. The highest BCUT2D eigenvalue weighted by Gasteiger charge is 2.36. The number of fused-ring (bicyclic) bond motifs is 8. The molecule has 0 amide bonds. The zero-order valence-electron chi connectivity index (χ0n) is 26.2. The standard InChI is InChI=1S/C44H30N2S/c1-44(2)38-19-10-9-16-32(38)33-23-22-31(26-39(33)44)46(29-14-7-4-8-15-29)30-21-20-28-24-37-40-34(36(28)25-30)17-11-18-35(40)42-41(37)45-43(47-42)27-12-5-3-6-13-27/h3-26H,1-2H3. The van der Waals surface area contributed by atoms with Crippen LogP contribution in [0.2, 0.25) is 0 Å². The van der Waals surface area contributed by atoms with Crippen LogP contribution in [0.15, 0.2) is 146 Å². The Morgan fingerprint density at radius 1 is 0.532 bits per heavy atom. The van der Waals surface area contributed by atoms with E-state index < -0.39 is 0 Å². The van der Waals surface area contributed by atoms with Crippen molar-refractivity contribution in [3.63, 3.8) is 0 Å². The first kappa shape index (κ1) is 26.7. The zero-order chi connectivity index (χ0) is 31.3. The first-order chi connectivity index (χ1) is 23.1. The summed E-state index contributed by atoms with van der Waals surface area (Å²) in [5.41, 5.74) is 13.7. The molecule has 0 N–H and O–H groups in total. The summed E-state index contributed by atoms with van der Waals surface area (Å²) in [7, 11) is 0. The van der Waals surface area contributed by atoms with Gasteiger partial charge in [-0.15, -0.1) is 11.3 Å². The van der Waals surface area contributed by atoms with Crippen LogP contribution in [0.4, 0.5) is 17.1 Å². The fourth-order valence-corrected chi connectivity index (χ4v) is 9.07. The summed E-state index contributed by atoms with van der Waals surface area (Å²) in [6.45, 7) is 4.70. The van der Waals surface area contributed by atoms with Crippen molar-refractivity contribution in [3.05, 3.63) is 157 Å². The molecule has 0 saturated carbocycles. The molecule has 0 fully saturated rings. The largest absolute Gasteiger partial charge is 0.310 e. The van der Waals surface area contributed by atoms with Crippen molar-refractivity contribution in [2.45, 2.75) is 19.3 Å². The number of thiazole rings is 1. The van der Waals surface area contributed by atoms with Crippen molar-refractivity contribution in [2.24, 2.45) is 0 Å². The van der Waals surface area contributed by atoms with Gasteiger partial charge in [-0.2, -0.15) is 0 Å². The van der Waals surface area contributed by atoms with Crippen LogP contribution in [-0.4, -0.2) is 4.98 Å². The van der Waals surface area contributed by atoms with Gasteiger partial charge in [0.15, 0.2) is 0 Å². The molecule has 0 unspecified atom stereocenters. The number of nitrogens with zero attached hydrogens (tertiary/aromatic N) is 2. The van der Waals surface area contributed by atoms with Crippen LogP contribution in [0.1, 0.15) is 25.0 Å². The van der Waals surface area contributed by atoms with Crippen molar-refractivity contribution in [1.82, 2.24) is 4.98 Å². The predicted octanol–water partition coefficient (Wildman–Crippen LogP) is 12.5. The van der Waals surface area contributed by atoms with Crippen LogP contribution in [0.5, 0.6) is 0 Å². The Balaban J connectivity index is 1.15. The van der Waals surface area contributed by atoms with E-state index in [-0.39, 0.29) is 5.41 Å². The van der Waals surface area contributed by atoms with Crippen molar-refractivity contribution in [2.75, 3.05) is 4.90 Å². The molecular formula is C44H30N2S. The minimum absolute atomic E-state index is 0.0692. The smallest absolute Gasteiger partial charge is 0.124 e. The van der Waals surface area contributed by atoms with Crippen molar-refractivity contribution >= 4 is 49.9 Å². The van der Waals surface area contributed by atoms with E-state index in [1.165, 1.54) is 71.1 Å². The van der Waals surface area contributed by atoms with Crippen molar-refractivity contribution in [3.8, 4) is 43.4 Å². The van der Waals surface area contributed by atoms with Gasteiger partial charge in [0.1, 0.15) is 5.01 Å². The van der Waals surface area contributed by atoms with Crippen LogP contribution in [0.3, 0.4) is 0 Å². The first-order valence-electron chi connectivity index (χ1n) is 16.2. The lowest BCUT2D eigenvalue weighted by molar-refractivity contribution is 0.660. The average Bonchev–Trinajstić information content (AvgIpc) is 3.75. The van der Waals surface area contributed by atoms with Gasteiger partial charge < -0.3 is 4.90 Å². The summed E-state index contributed by atoms with van der Waals surface area (Å²) < 4.78 is 0. The molecule has 0 bridgehead atoms. The number of rotatable bonds is 4. The topological polar surface area (TPSA) is 16.1 Å². The van der Waals surface area contributed by atoms with Gasteiger partial charge in [-0.3, -0.25) is 0 Å². The lowest BCUT2D eigenvalue weighted by Gasteiger charge is -2.28. The van der Waals surface area contributed by atoms with Gasteiger partial charge in [-0.25, -0.2) is 4.98 Å². The minimum Gasteiger partial charge on any atom is -0.310 e. The molecule has 8 aromatic rings. The summed E-state index contributed by atoms with van der Waals surface area (Å²) in [6.07, 6.45) is 0. The monoisotopic (exact) mass is 618 g/mol. The van der Waals surface area contributed by atoms with E-state index in [1.807, 2.05) is 0 Å². The number of aromatic nitrogens is 1. The van der Waals surface area contributed by atoms with E-state index in [0.717, 1.165) is 22.1 Å². The second-order valence-electron chi connectivity index (χ2n) is 13.2. The molecule has 1 heterocycles. The second kappa shape index (κ2) is 9.75.